The van der Waals surface area contributed by atoms with Gasteiger partial charge in [0.1, 0.15) is 0 Å². The maximum Gasteiger partial charge on any atom is 0.0847 e. The van der Waals surface area contributed by atoms with Crippen molar-refractivity contribution in [1.82, 2.24) is 9.78 Å². The standard InChI is InChI=1S/C15H16Br2Cl2N2/c1-10-14(19)13(21(2)20-10)7-15(8-16,9-17)11-3-5-12(18)6-4-11/h3-6H,7-9H2,1-2H3. The summed E-state index contributed by atoms with van der Waals surface area (Å²) >= 11 is 19.7. The molecule has 0 bridgehead atoms. The molecular weight excluding hydrogens is 439 g/mol. The summed E-state index contributed by atoms with van der Waals surface area (Å²) in [5.41, 5.74) is 3.02. The highest BCUT2D eigenvalue weighted by Crippen LogP contribution is 2.35. The molecule has 0 spiro atoms. The number of rotatable bonds is 5. The normalized spacial score (nSPS) is 11.9. The highest BCUT2D eigenvalue weighted by molar-refractivity contribution is 9.09. The van der Waals surface area contributed by atoms with Gasteiger partial charge < -0.3 is 0 Å². The minimum absolute atomic E-state index is 0.103. The summed E-state index contributed by atoms with van der Waals surface area (Å²) in [6, 6.07) is 7.99. The Bertz CT molecular complexity index is 619. The van der Waals surface area contributed by atoms with Crippen molar-refractivity contribution in [2.24, 2.45) is 7.05 Å². The molecule has 0 N–H and O–H groups in total. The molecule has 114 valence electrons. The second-order valence-corrected chi connectivity index (χ2v) is 7.14. The van der Waals surface area contributed by atoms with Gasteiger partial charge in [0, 0.05) is 34.6 Å². The molecule has 1 aromatic heterocycles. The molecular formula is C15H16Br2Cl2N2. The molecule has 0 saturated heterocycles. The molecule has 0 saturated carbocycles. The van der Waals surface area contributed by atoms with Gasteiger partial charge in [0.2, 0.25) is 0 Å². The van der Waals surface area contributed by atoms with Gasteiger partial charge in [-0.05, 0) is 24.6 Å². The summed E-state index contributed by atoms with van der Waals surface area (Å²) in [5.74, 6) is 0. The van der Waals surface area contributed by atoms with E-state index in [2.05, 4.69) is 49.1 Å². The van der Waals surface area contributed by atoms with E-state index in [9.17, 15) is 0 Å². The number of benzene rings is 1. The van der Waals surface area contributed by atoms with E-state index in [1.807, 2.05) is 30.8 Å². The van der Waals surface area contributed by atoms with Gasteiger partial charge in [0.05, 0.1) is 16.4 Å². The zero-order chi connectivity index (χ0) is 15.6. The molecule has 1 aromatic carbocycles. The smallest absolute Gasteiger partial charge is 0.0847 e. The molecule has 0 amide bonds. The van der Waals surface area contributed by atoms with Crippen LogP contribution in [0.25, 0.3) is 0 Å². The molecule has 0 fully saturated rings. The van der Waals surface area contributed by atoms with Gasteiger partial charge in [-0.2, -0.15) is 5.10 Å². The van der Waals surface area contributed by atoms with Crippen molar-refractivity contribution in [1.29, 1.82) is 0 Å². The van der Waals surface area contributed by atoms with E-state index in [1.54, 1.807) is 0 Å². The van der Waals surface area contributed by atoms with Crippen LogP contribution in [0.15, 0.2) is 24.3 Å². The van der Waals surface area contributed by atoms with Crippen LogP contribution in [-0.4, -0.2) is 20.4 Å². The minimum atomic E-state index is -0.103. The third-order valence-corrected chi connectivity index (χ3v) is 6.63. The zero-order valence-electron chi connectivity index (χ0n) is 11.8. The Hall–Kier alpha value is -0.0300. The van der Waals surface area contributed by atoms with Crippen LogP contribution in [0.2, 0.25) is 10.0 Å². The van der Waals surface area contributed by atoms with Gasteiger partial charge in [0.25, 0.3) is 0 Å². The lowest BCUT2D eigenvalue weighted by Gasteiger charge is -2.31. The Morgan fingerprint density at radius 3 is 2.14 bits per heavy atom. The van der Waals surface area contributed by atoms with E-state index < -0.39 is 0 Å². The predicted molar refractivity (Wildman–Crippen MR) is 97.4 cm³/mol. The van der Waals surface area contributed by atoms with E-state index >= 15 is 0 Å². The molecule has 0 aliphatic carbocycles. The summed E-state index contributed by atoms with van der Waals surface area (Å²) in [4.78, 5) is 0. The first kappa shape index (κ1) is 17.3. The van der Waals surface area contributed by atoms with Crippen molar-refractivity contribution in [2.75, 3.05) is 10.7 Å². The average molecular weight is 455 g/mol. The first-order chi connectivity index (χ1) is 9.93. The SMILES string of the molecule is Cc1nn(C)c(CC(CBr)(CBr)c2ccc(Cl)cc2)c1Cl. The van der Waals surface area contributed by atoms with E-state index in [0.29, 0.717) is 0 Å². The Labute approximate surface area is 152 Å². The summed E-state index contributed by atoms with van der Waals surface area (Å²) in [6.07, 6.45) is 0.793. The van der Waals surface area contributed by atoms with E-state index in [0.717, 1.165) is 38.5 Å². The van der Waals surface area contributed by atoms with Crippen LogP contribution < -0.4 is 0 Å². The summed E-state index contributed by atoms with van der Waals surface area (Å²) in [6.45, 7) is 1.93. The quantitative estimate of drug-likeness (QED) is 0.560. The maximum absolute atomic E-state index is 6.41. The van der Waals surface area contributed by atoms with Crippen molar-refractivity contribution in [3.63, 3.8) is 0 Å². The number of aryl methyl sites for hydroxylation is 2. The predicted octanol–water partition coefficient (Wildman–Crippen LogP) is 5.31. The van der Waals surface area contributed by atoms with Crippen molar-refractivity contribution in [3.05, 3.63) is 51.3 Å². The number of halogens is 4. The van der Waals surface area contributed by atoms with Crippen molar-refractivity contribution < 1.29 is 0 Å². The Morgan fingerprint density at radius 2 is 1.71 bits per heavy atom. The van der Waals surface area contributed by atoms with Crippen LogP contribution in [0.4, 0.5) is 0 Å². The lowest BCUT2D eigenvalue weighted by Crippen LogP contribution is -2.33. The fourth-order valence-corrected chi connectivity index (χ4v) is 4.71. The molecule has 0 atom stereocenters. The van der Waals surface area contributed by atoms with Crippen molar-refractivity contribution >= 4 is 55.1 Å². The van der Waals surface area contributed by atoms with Crippen LogP contribution in [0, 0.1) is 6.92 Å². The van der Waals surface area contributed by atoms with Crippen LogP contribution in [0.3, 0.4) is 0 Å². The largest absolute Gasteiger partial charge is 0.271 e. The maximum atomic E-state index is 6.41. The van der Waals surface area contributed by atoms with E-state index in [-0.39, 0.29) is 5.41 Å². The van der Waals surface area contributed by atoms with Crippen molar-refractivity contribution in [3.8, 4) is 0 Å². The summed E-state index contributed by atoms with van der Waals surface area (Å²) < 4.78 is 1.87. The van der Waals surface area contributed by atoms with Crippen LogP contribution >= 0.6 is 55.1 Å². The molecule has 0 radical (unpaired) electrons. The summed E-state index contributed by atoms with van der Waals surface area (Å²) in [7, 11) is 1.93. The fraction of sp³-hybridized carbons (Fsp3) is 0.400. The van der Waals surface area contributed by atoms with Gasteiger partial charge in [-0.25, -0.2) is 0 Å². The van der Waals surface area contributed by atoms with Crippen molar-refractivity contribution in [2.45, 2.75) is 18.8 Å². The fourth-order valence-electron chi connectivity index (χ4n) is 2.38. The summed E-state index contributed by atoms with van der Waals surface area (Å²) in [5, 5.41) is 7.52. The molecule has 1 heterocycles. The van der Waals surface area contributed by atoms with Crippen LogP contribution in [0.5, 0.6) is 0 Å². The second kappa shape index (κ2) is 7.03. The number of hydrogen-bond acceptors (Lipinski definition) is 1. The van der Waals surface area contributed by atoms with Gasteiger partial charge in [-0.3, -0.25) is 4.68 Å². The molecule has 0 aliphatic rings. The second-order valence-electron chi connectivity index (χ2n) is 5.20. The van der Waals surface area contributed by atoms with Gasteiger partial charge in [-0.1, -0.05) is 67.2 Å². The first-order valence-corrected chi connectivity index (χ1v) is 9.49. The lowest BCUT2D eigenvalue weighted by atomic mass is 9.80. The zero-order valence-corrected chi connectivity index (χ0v) is 16.5. The van der Waals surface area contributed by atoms with E-state index in [1.165, 1.54) is 5.56 Å². The Morgan fingerprint density at radius 1 is 1.14 bits per heavy atom. The average Bonchev–Trinajstić information content (AvgIpc) is 2.72. The highest BCUT2D eigenvalue weighted by Gasteiger charge is 2.33. The highest BCUT2D eigenvalue weighted by atomic mass is 79.9. The van der Waals surface area contributed by atoms with Gasteiger partial charge >= 0.3 is 0 Å². The molecule has 2 nitrogen and oxygen atoms in total. The van der Waals surface area contributed by atoms with Gasteiger partial charge in [-0.15, -0.1) is 0 Å². The number of alkyl halides is 2. The molecule has 2 rings (SSSR count). The molecule has 21 heavy (non-hydrogen) atoms. The third-order valence-electron chi connectivity index (χ3n) is 3.74. The number of hydrogen-bond donors (Lipinski definition) is 0. The molecule has 6 heteroatoms. The monoisotopic (exact) mass is 452 g/mol. The molecule has 0 aliphatic heterocycles. The number of aromatic nitrogens is 2. The lowest BCUT2D eigenvalue weighted by molar-refractivity contribution is 0.523. The number of nitrogens with zero attached hydrogens (tertiary/aromatic N) is 2. The molecule has 0 unspecified atom stereocenters. The third kappa shape index (κ3) is 3.49. The Kier molecular flexibility index (Phi) is 5.80. The molecule has 2 aromatic rings. The first-order valence-electron chi connectivity index (χ1n) is 6.49. The van der Waals surface area contributed by atoms with Crippen LogP contribution in [0.1, 0.15) is 17.0 Å². The van der Waals surface area contributed by atoms with Gasteiger partial charge in [0.15, 0.2) is 0 Å². The van der Waals surface area contributed by atoms with Crippen LogP contribution in [-0.2, 0) is 18.9 Å². The topological polar surface area (TPSA) is 17.8 Å². The minimum Gasteiger partial charge on any atom is -0.271 e. The van der Waals surface area contributed by atoms with E-state index in [4.69, 9.17) is 23.2 Å². The Balaban J connectivity index is 2.45.